The van der Waals surface area contributed by atoms with Crippen molar-refractivity contribution in [3.63, 3.8) is 0 Å². The fraction of sp³-hybridized carbons (Fsp3) is 0.333. The monoisotopic (exact) mass is 468 g/mol. The highest BCUT2D eigenvalue weighted by Gasteiger charge is 2.16. The van der Waals surface area contributed by atoms with Gasteiger partial charge in [-0.1, -0.05) is 30.4 Å². The van der Waals surface area contributed by atoms with Gasteiger partial charge in [0.15, 0.2) is 0 Å². The third-order valence-corrected chi connectivity index (χ3v) is 5.87. The summed E-state index contributed by atoms with van der Waals surface area (Å²) in [6.45, 7) is 2.96. The number of methoxy groups -OCH3 is 2. The molecule has 33 heavy (non-hydrogen) atoms. The summed E-state index contributed by atoms with van der Waals surface area (Å²) in [5.74, 6) is 1.30. The molecule has 2 amide bonds. The molecule has 1 aromatic heterocycles. The predicted octanol–water partition coefficient (Wildman–Crippen LogP) is 4.03. The predicted molar refractivity (Wildman–Crippen MR) is 129 cm³/mol. The van der Waals surface area contributed by atoms with Gasteiger partial charge in [0.25, 0.3) is 0 Å². The second-order valence-electron chi connectivity index (χ2n) is 7.34. The average molecular weight is 469 g/mol. The van der Waals surface area contributed by atoms with Crippen LogP contribution in [0.25, 0.3) is 10.6 Å². The number of amides is 2. The molecule has 0 radical (unpaired) electrons. The minimum Gasteiger partial charge on any atom is -0.497 e. The first kappa shape index (κ1) is 24.2. The van der Waals surface area contributed by atoms with Crippen molar-refractivity contribution in [2.75, 3.05) is 32.6 Å². The van der Waals surface area contributed by atoms with Crippen LogP contribution in [0.15, 0.2) is 48.5 Å². The van der Waals surface area contributed by atoms with Crippen LogP contribution in [0.2, 0.25) is 0 Å². The van der Waals surface area contributed by atoms with Crippen molar-refractivity contribution in [2.45, 2.75) is 26.2 Å². The fourth-order valence-corrected chi connectivity index (χ4v) is 3.97. The topological polar surface area (TPSA) is 93.7 Å². The Labute approximate surface area is 197 Å². The van der Waals surface area contributed by atoms with Gasteiger partial charge in [-0.15, -0.1) is 10.2 Å². The Morgan fingerprint density at radius 3 is 2.18 bits per heavy atom. The molecule has 174 valence electrons. The van der Waals surface area contributed by atoms with Crippen molar-refractivity contribution in [3.05, 3.63) is 54.1 Å². The molecule has 0 saturated heterocycles. The number of anilines is 1. The number of carbonyl (C=O) groups excluding carboxylic acids is 2. The lowest BCUT2D eigenvalue weighted by Crippen LogP contribution is -2.35. The Bertz CT molecular complexity index is 1050. The Morgan fingerprint density at radius 2 is 1.58 bits per heavy atom. The summed E-state index contributed by atoms with van der Waals surface area (Å²) in [4.78, 5) is 27.0. The van der Waals surface area contributed by atoms with E-state index in [0.717, 1.165) is 29.0 Å². The van der Waals surface area contributed by atoms with Gasteiger partial charge in [-0.3, -0.25) is 9.59 Å². The highest BCUT2D eigenvalue weighted by Crippen LogP contribution is 2.27. The first-order chi connectivity index (χ1) is 16.0. The zero-order chi connectivity index (χ0) is 23.6. The summed E-state index contributed by atoms with van der Waals surface area (Å²) in [6.07, 6.45) is 1.29. The molecule has 0 fully saturated rings. The van der Waals surface area contributed by atoms with Crippen LogP contribution < -0.4 is 14.8 Å². The number of nitrogens with zero attached hydrogens (tertiary/aromatic N) is 3. The van der Waals surface area contributed by atoms with Crippen LogP contribution in [-0.4, -0.2) is 54.2 Å². The SMILES string of the molecule is CCCN(CCC(=O)Nc1nnc(-c2ccc(OC)cc2)s1)C(=O)Cc1ccc(OC)cc1. The summed E-state index contributed by atoms with van der Waals surface area (Å²) in [6, 6.07) is 14.9. The molecular weight excluding hydrogens is 440 g/mol. The molecule has 8 nitrogen and oxygen atoms in total. The van der Waals surface area contributed by atoms with Crippen LogP contribution in [0.5, 0.6) is 11.5 Å². The highest BCUT2D eigenvalue weighted by molar-refractivity contribution is 7.18. The van der Waals surface area contributed by atoms with Crippen LogP contribution in [0.3, 0.4) is 0 Å². The standard InChI is InChI=1S/C24H28N4O4S/c1-4-14-28(22(30)16-17-5-9-19(31-2)10-6-17)15-13-21(29)25-24-27-26-23(33-24)18-7-11-20(32-3)12-8-18/h5-12H,4,13-16H2,1-3H3,(H,25,27,29). The third kappa shape index (κ3) is 7.01. The Kier molecular flexibility index (Phi) is 8.77. The summed E-state index contributed by atoms with van der Waals surface area (Å²) < 4.78 is 10.3. The van der Waals surface area contributed by atoms with E-state index in [4.69, 9.17) is 9.47 Å². The van der Waals surface area contributed by atoms with Gasteiger partial charge < -0.3 is 19.7 Å². The molecule has 9 heteroatoms. The molecule has 0 aliphatic rings. The molecule has 3 rings (SSSR count). The van der Waals surface area contributed by atoms with Crippen molar-refractivity contribution in [1.82, 2.24) is 15.1 Å². The maximum absolute atomic E-state index is 12.8. The Balaban J connectivity index is 1.52. The van der Waals surface area contributed by atoms with E-state index in [1.165, 1.54) is 11.3 Å². The zero-order valence-electron chi connectivity index (χ0n) is 19.0. The van der Waals surface area contributed by atoms with Crippen molar-refractivity contribution in [2.24, 2.45) is 0 Å². The van der Waals surface area contributed by atoms with Gasteiger partial charge in [-0.2, -0.15) is 0 Å². The quantitative estimate of drug-likeness (QED) is 0.457. The summed E-state index contributed by atoms with van der Waals surface area (Å²) >= 11 is 1.30. The number of hydrogen-bond acceptors (Lipinski definition) is 7. The maximum Gasteiger partial charge on any atom is 0.227 e. The summed E-state index contributed by atoms with van der Waals surface area (Å²) in [7, 11) is 3.22. The number of aromatic nitrogens is 2. The lowest BCUT2D eigenvalue weighted by molar-refractivity contribution is -0.131. The molecule has 0 atom stereocenters. The van der Waals surface area contributed by atoms with Gasteiger partial charge in [0, 0.05) is 25.1 Å². The van der Waals surface area contributed by atoms with Crippen LogP contribution >= 0.6 is 11.3 Å². The fourth-order valence-electron chi connectivity index (χ4n) is 3.20. The summed E-state index contributed by atoms with van der Waals surface area (Å²) in [5, 5.41) is 12.1. The van der Waals surface area contributed by atoms with Gasteiger partial charge in [0.2, 0.25) is 16.9 Å². The second-order valence-corrected chi connectivity index (χ2v) is 8.32. The highest BCUT2D eigenvalue weighted by atomic mass is 32.1. The van der Waals surface area contributed by atoms with E-state index in [2.05, 4.69) is 15.5 Å². The number of nitrogens with one attached hydrogen (secondary N) is 1. The van der Waals surface area contributed by atoms with E-state index in [0.29, 0.717) is 23.2 Å². The Hall–Kier alpha value is -3.46. The minimum atomic E-state index is -0.203. The van der Waals surface area contributed by atoms with Gasteiger partial charge in [-0.25, -0.2) is 0 Å². The molecule has 1 heterocycles. The molecule has 0 bridgehead atoms. The molecule has 0 aliphatic carbocycles. The van der Waals surface area contributed by atoms with E-state index >= 15 is 0 Å². The molecule has 1 N–H and O–H groups in total. The van der Waals surface area contributed by atoms with Gasteiger partial charge in [0.05, 0.1) is 20.6 Å². The van der Waals surface area contributed by atoms with Crippen molar-refractivity contribution in [1.29, 1.82) is 0 Å². The number of hydrogen-bond donors (Lipinski definition) is 1. The van der Waals surface area contributed by atoms with Gasteiger partial charge >= 0.3 is 0 Å². The lowest BCUT2D eigenvalue weighted by Gasteiger charge is -2.22. The normalized spacial score (nSPS) is 10.5. The molecule has 2 aromatic carbocycles. The zero-order valence-corrected chi connectivity index (χ0v) is 19.9. The smallest absolute Gasteiger partial charge is 0.227 e. The van der Waals surface area contributed by atoms with E-state index < -0.39 is 0 Å². The number of carbonyl (C=O) groups is 2. The largest absolute Gasteiger partial charge is 0.497 e. The molecule has 0 saturated carbocycles. The van der Waals surface area contributed by atoms with E-state index in [1.54, 1.807) is 19.1 Å². The van der Waals surface area contributed by atoms with Gasteiger partial charge in [0.1, 0.15) is 16.5 Å². The average Bonchev–Trinajstić information content (AvgIpc) is 3.30. The van der Waals surface area contributed by atoms with Crippen LogP contribution in [-0.2, 0) is 16.0 Å². The third-order valence-electron chi connectivity index (χ3n) is 4.98. The maximum atomic E-state index is 12.8. The van der Waals surface area contributed by atoms with E-state index in [-0.39, 0.29) is 24.7 Å². The number of rotatable bonds is 11. The molecule has 0 spiro atoms. The molecule has 0 aliphatic heterocycles. The molecule has 3 aromatic rings. The van der Waals surface area contributed by atoms with Crippen molar-refractivity contribution >= 4 is 28.3 Å². The van der Waals surface area contributed by atoms with Crippen molar-refractivity contribution < 1.29 is 19.1 Å². The van der Waals surface area contributed by atoms with E-state index in [9.17, 15) is 9.59 Å². The van der Waals surface area contributed by atoms with E-state index in [1.807, 2.05) is 55.5 Å². The first-order valence-electron chi connectivity index (χ1n) is 10.7. The first-order valence-corrected chi connectivity index (χ1v) is 11.5. The number of benzene rings is 2. The number of ether oxygens (including phenoxy) is 2. The van der Waals surface area contributed by atoms with Crippen LogP contribution in [0.1, 0.15) is 25.3 Å². The second kappa shape index (κ2) is 12.0. The lowest BCUT2D eigenvalue weighted by atomic mass is 10.1. The van der Waals surface area contributed by atoms with Crippen LogP contribution in [0, 0.1) is 0 Å². The minimum absolute atomic E-state index is 0.00692. The van der Waals surface area contributed by atoms with Crippen molar-refractivity contribution in [3.8, 4) is 22.1 Å². The van der Waals surface area contributed by atoms with Crippen LogP contribution in [0.4, 0.5) is 5.13 Å². The molecule has 0 unspecified atom stereocenters. The van der Waals surface area contributed by atoms with Gasteiger partial charge in [-0.05, 0) is 48.4 Å². The summed E-state index contributed by atoms with van der Waals surface area (Å²) in [5.41, 5.74) is 1.80. The molecular formula is C24H28N4O4S. The Morgan fingerprint density at radius 1 is 0.939 bits per heavy atom.